The van der Waals surface area contributed by atoms with Crippen molar-refractivity contribution in [2.24, 2.45) is 0 Å². The fraction of sp³-hybridized carbons (Fsp3) is 0.300. The minimum atomic E-state index is -1.20. The summed E-state index contributed by atoms with van der Waals surface area (Å²) in [5.41, 5.74) is -0.0935. The first kappa shape index (κ1) is 11.6. The van der Waals surface area contributed by atoms with Gasteiger partial charge < -0.3 is 9.84 Å². The molecule has 0 aliphatic rings. The molecule has 15 heavy (non-hydrogen) atoms. The average molecular weight is 216 g/mol. The molecule has 0 aliphatic carbocycles. The molecular formula is C10H10F2O3. The van der Waals surface area contributed by atoms with Gasteiger partial charge in [-0.2, -0.15) is 0 Å². The smallest absolute Gasteiger partial charge is 0.307 e. The summed E-state index contributed by atoms with van der Waals surface area (Å²) in [6.07, 6.45) is -0.532. The van der Waals surface area contributed by atoms with Gasteiger partial charge in [-0.3, -0.25) is 4.79 Å². The molecule has 0 aliphatic heterocycles. The second-order valence-corrected chi connectivity index (χ2v) is 3.02. The minimum absolute atomic E-state index is 0.0455. The zero-order valence-corrected chi connectivity index (χ0v) is 8.09. The number of carboxylic acid groups (broad SMARTS) is 1. The van der Waals surface area contributed by atoms with Crippen molar-refractivity contribution in [2.45, 2.75) is 13.0 Å². The Morgan fingerprint density at radius 1 is 1.33 bits per heavy atom. The highest BCUT2D eigenvalue weighted by Gasteiger charge is 2.14. The van der Waals surface area contributed by atoms with Gasteiger partial charge in [0.25, 0.3) is 0 Å². The van der Waals surface area contributed by atoms with Crippen LogP contribution >= 0.6 is 0 Å². The maximum absolute atomic E-state index is 13.3. The number of aliphatic carboxylic acids is 1. The molecule has 0 heterocycles. The fourth-order valence-corrected chi connectivity index (χ4v) is 1.20. The maximum atomic E-state index is 13.3. The van der Waals surface area contributed by atoms with Gasteiger partial charge >= 0.3 is 5.97 Å². The monoisotopic (exact) mass is 216 g/mol. The maximum Gasteiger partial charge on any atom is 0.307 e. The van der Waals surface area contributed by atoms with Crippen LogP contribution in [0.1, 0.15) is 11.1 Å². The van der Waals surface area contributed by atoms with Crippen molar-refractivity contribution in [1.29, 1.82) is 0 Å². The zero-order valence-electron chi connectivity index (χ0n) is 8.09. The molecule has 0 aromatic heterocycles. The highest BCUT2D eigenvalue weighted by Crippen LogP contribution is 2.17. The summed E-state index contributed by atoms with van der Waals surface area (Å²) in [5.74, 6) is -3.37. The molecule has 3 nitrogen and oxygen atoms in total. The summed E-state index contributed by atoms with van der Waals surface area (Å²) >= 11 is 0. The van der Waals surface area contributed by atoms with Gasteiger partial charge in [-0.1, -0.05) is 12.1 Å². The lowest BCUT2D eigenvalue weighted by molar-refractivity contribution is -0.136. The van der Waals surface area contributed by atoms with Crippen LogP contribution in [0.3, 0.4) is 0 Å². The molecule has 0 saturated carbocycles. The van der Waals surface area contributed by atoms with Crippen molar-refractivity contribution < 1.29 is 23.4 Å². The van der Waals surface area contributed by atoms with Crippen LogP contribution in [0.15, 0.2) is 12.1 Å². The molecular weight excluding hydrogens is 206 g/mol. The molecule has 82 valence electrons. The lowest BCUT2D eigenvalue weighted by atomic mass is 10.1. The second kappa shape index (κ2) is 4.84. The number of halogens is 2. The number of hydrogen-bond acceptors (Lipinski definition) is 2. The van der Waals surface area contributed by atoms with Crippen LogP contribution in [-0.2, 0) is 22.6 Å². The molecule has 1 aromatic rings. The van der Waals surface area contributed by atoms with E-state index in [0.717, 1.165) is 0 Å². The summed E-state index contributed by atoms with van der Waals surface area (Å²) in [6, 6.07) is 2.57. The molecule has 5 heteroatoms. The summed E-state index contributed by atoms with van der Waals surface area (Å²) < 4.78 is 31.2. The summed E-state index contributed by atoms with van der Waals surface area (Å²) in [7, 11) is 1.36. The van der Waals surface area contributed by atoms with Gasteiger partial charge in [-0.25, -0.2) is 8.78 Å². The molecule has 0 unspecified atom stereocenters. The van der Waals surface area contributed by atoms with E-state index in [4.69, 9.17) is 5.11 Å². The van der Waals surface area contributed by atoms with Gasteiger partial charge in [0.2, 0.25) is 0 Å². The molecule has 0 amide bonds. The molecule has 0 spiro atoms. The Morgan fingerprint density at radius 3 is 2.40 bits per heavy atom. The van der Waals surface area contributed by atoms with Gasteiger partial charge in [-0.05, 0) is 0 Å². The quantitative estimate of drug-likeness (QED) is 0.833. The van der Waals surface area contributed by atoms with Gasteiger partial charge in [-0.15, -0.1) is 0 Å². The van der Waals surface area contributed by atoms with E-state index < -0.39 is 24.0 Å². The second-order valence-electron chi connectivity index (χ2n) is 3.02. The Labute approximate surface area is 85.3 Å². The molecule has 0 fully saturated rings. The number of carboxylic acids is 1. The van der Waals surface area contributed by atoms with Crippen molar-refractivity contribution in [3.8, 4) is 0 Å². The van der Waals surface area contributed by atoms with E-state index in [2.05, 4.69) is 4.74 Å². The predicted octanol–water partition coefficient (Wildman–Crippen LogP) is 1.74. The third-order valence-electron chi connectivity index (χ3n) is 1.88. The highest BCUT2D eigenvalue weighted by molar-refractivity contribution is 5.70. The highest BCUT2D eigenvalue weighted by atomic mass is 19.2. The Balaban J connectivity index is 3.03. The van der Waals surface area contributed by atoms with Gasteiger partial charge in [0, 0.05) is 18.2 Å². The predicted molar refractivity (Wildman–Crippen MR) is 48.4 cm³/mol. The number of ether oxygens (including phenoxy) is 1. The van der Waals surface area contributed by atoms with Crippen molar-refractivity contribution in [1.82, 2.24) is 0 Å². The van der Waals surface area contributed by atoms with E-state index in [0.29, 0.717) is 0 Å². The summed E-state index contributed by atoms with van der Waals surface area (Å²) in [6.45, 7) is -0.0455. The van der Waals surface area contributed by atoms with Gasteiger partial charge in [0.15, 0.2) is 11.6 Å². The van der Waals surface area contributed by atoms with Crippen molar-refractivity contribution in [3.63, 3.8) is 0 Å². The van der Waals surface area contributed by atoms with Crippen molar-refractivity contribution in [2.75, 3.05) is 7.11 Å². The average Bonchev–Trinajstić information content (AvgIpc) is 2.17. The van der Waals surface area contributed by atoms with Crippen molar-refractivity contribution >= 4 is 5.97 Å². The van der Waals surface area contributed by atoms with E-state index in [1.807, 2.05) is 0 Å². The molecule has 1 aromatic carbocycles. The minimum Gasteiger partial charge on any atom is -0.481 e. The summed E-state index contributed by atoms with van der Waals surface area (Å²) in [5, 5.41) is 8.44. The van der Waals surface area contributed by atoms with Crippen LogP contribution < -0.4 is 0 Å². The Kier molecular flexibility index (Phi) is 3.74. The van der Waals surface area contributed by atoms with E-state index >= 15 is 0 Å². The lowest BCUT2D eigenvalue weighted by Gasteiger charge is -2.06. The first-order chi connectivity index (χ1) is 7.06. The van der Waals surface area contributed by atoms with E-state index in [9.17, 15) is 13.6 Å². The lowest BCUT2D eigenvalue weighted by Crippen LogP contribution is -2.06. The number of carbonyl (C=O) groups is 1. The van der Waals surface area contributed by atoms with E-state index in [1.165, 1.54) is 19.2 Å². The van der Waals surface area contributed by atoms with Crippen LogP contribution in [0, 0.1) is 11.6 Å². The molecule has 1 N–H and O–H groups in total. The topological polar surface area (TPSA) is 46.5 Å². The van der Waals surface area contributed by atoms with Crippen LogP contribution in [0.2, 0.25) is 0 Å². The largest absolute Gasteiger partial charge is 0.481 e. The third-order valence-corrected chi connectivity index (χ3v) is 1.88. The molecule has 0 saturated heterocycles. The van der Waals surface area contributed by atoms with Crippen LogP contribution in [0.5, 0.6) is 0 Å². The Morgan fingerprint density at radius 2 is 1.87 bits per heavy atom. The Bertz CT molecular complexity index is 377. The molecule has 0 atom stereocenters. The van der Waals surface area contributed by atoms with E-state index in [-0.39, 0.29) is 17.7 Å². The number of hydrogen-bond donors (Lipinski definition) is 1. The van der Waals surface area contributed by atoms with Crippen molar-refractivity contribution in [3.05, 3.63) is 34.9 Å². The SMILES string of the molecule is COCc1ccc(CC(=O)O)c(F)c1F. The standard InChI is InChI=1S/C10H10F2O3/c1-15-5-7-3-2-6(4-8(13)14)9(11)10(7)12/h2-3H,4-5H2,1H3,(H,13,14). The van der Waals surface area contributed by atoms with Gasteiger partial charge in [0.05, 0.1) is 13.0 Å². The molecule has 1 rings (SSSR count). The number of methoxy groups -OCH3 is 1. The number of rotatable bonds is 4. The van der Waals surface area contributed by atoms with Crippen LogP contribution in [0.4, 0.5) is 8.78 Å². The first-order valence-corrected chi connectivity index (χ1v) is 4.22. The number of benzene rings is 1. The summed E-state index contributed by atoms with van der Waals surface area (Å²) in [4.78, 5) is 10.3. The normalized spacial score (nSPS) is 10.3. The van der Waals surface area contributed by atoms with Crippen LogP contribution in [0.25, 0.3) is 0 Å². The van der Waals surface area contributed by atoms with E-state index in [1.54, 1.807) is 0 Å². The molecule has 0 radical (unpaired) electrons. The first-order valence-electron chi connectivity index (χ1n) is 4.22. The zero-order chi connectivity index (χ0) is 11.4. The molecule has 0 bridgehead atoms. The fourth-order valence-electron chi connectivity index (χ4n) is 1.20. The third kappa shape index (κ3) is 2.73. The van der Waals surface area contributed by atoms with Crippen LogP contribution in [-0.4, -0.2) is 18.2 Å². The Hall–Kier alpha value is -1.49. The van der Waals surface area contributed by atoms with Gasteiger partial charge in [0.1, 0.15) is 0 Å².